The first-order valence-corrected chi connectivity index (χ1v) is 7.48. The molecule has 0 aliphatic heterocycles. The fourth-order valence-electron chi connectivity index (χ4n) is 1.34. The van der Waals surface area contributed by atoms with Crippen LogP contribution in [0.3, 0.4) is 0 Å². The second-order valence-corrected chi connectivity index (χ2v) is 6.78. The molecular formula is C10H17NO3S2. The molecule has 0 saturated heterocycles. The lowest BCUT2D eigenvalue weighted by atomic mass is 9.97. The van der Waals surface area contributed by atoms with Crippen molar-refractivity contribution in [2.24, 2.45) is 0 Å². The summed E-state index contributed by atoms with van der Waals surface area (Å²) in [6, 6.07) is 3.27. The van der Waals surface area contributed by atoms with Gasteiger partial charge in [0.1, 0.15) is 4.21 Å². The number of sulfonamides is 1. The molecule has 1 rings (SSSR count). The van der Waals surface area contributed by atoms with Crippen LogP contribution in [0.4, 0.5) is 0 Å². The Kier molecular flexibility index (Phi) is 4.49. The van der Waals surface area contributed by atoms with Crippen LogP contribution in [0.1, 0.15) is 26.7 Å². The highest BCUT2D eigenvalue weighted by atomic mass is 32.2. The molecule has 2 N–H and O–H groups in total. The molecule has 0 saturated carbocycles. The summed E-state index contributed by atoms with van der Waals surface area (Å²) < 4.78 is 26.9. The minimum absolute atomic E-state index is 0.0305. The van der Waals surface area contributed by atoms with Crippen molar-refractivity contribution in [3.63, 3.8) is 0 Å². The largest absolute Gasteiger partial charge is 0.396 e. The van der Waals surface area contributed by atoms with E-state index in [-0.39, 0.29) is 6.61 Å². The minimum Gasteiger partial charge on any atom is -0.396 e. The van der Waals surface area contributed by atoms with E-state index in [1.807, 2.05) is 6.92 Å². The van der Waals surface area contributed by atoms with E-state index in [1.54, 1.807) is 24.4 Å². The normalized spacial score (nSPS) is 15.9. The van der Waals surface area contributed by atoms with E-state index in [2.05, 4.69) is 4.72 Å². The predicted octanol–water partition coefficient (Wildman–Crippen LogP) is 1.58. The van der Waals surface area contributed by atoms with Gasteiger partial charge in [0, 0.05) is 12.1 Å². The molecule has 0 aromatic carbocycles. The van der Waals surface area contributed by atoms with E-state index in [9.17, 15) is 8.42 Å². The first-order chi connectivity index (χ1) is 7.43. The van der Waals surface area contributed by atoms with Gasteiger partial charge in [0.25, 0.3) is 10.0 Å². The third kappa shape index (κ3) is 3.28. The summed E-state index contributed by atoms with van der Waals surface area (Å²) in [6.07, 6.45) is 1.05. The van der Waals surface area contributed by atoms with Crippen LogP contribution in [0.2, 0.25) is 0 Å². The predicted molar refractivity (Wildman–Crippen MR) is 65.0 cm³/mol. The van der Waals surface area contributed by atoms with Gasteiger partial charge in [-0.3, -0.25) is 0 Å². The fraction of sp³-hybridized carbons (Fsp3) is 0.600. The van der Waals surface area contributed by atoms with Gasteiger partial charge in [0.05, 0.1) is 0 Å². The van der Waals surface area contributed by atoms with Crippen molar-refractivity contribution in [1.82, 2.24) is 4.72 Å². The van der Waals surface area contributed by atoms with Gasteiger partial charge in [-0.1, -0.05) is 13.0 Å². The van der Waals surface area contributed by atoms with Crippen LogP contribution in [0.15, 0.2) is 21.7 Å². The molecule has 0 radical (unpaired) electrons. The maximum atomic E-state index is 12.0. The average molecular weight is 263 g/mol. The second-order valence-electron chi connectivity index (χ2n) is 3.93. The third-order valence-corrected chi connectivity index (χ3v) is 5.62. The maximum Gasteiger partial charge on any atom is 0.250 e. The van der Waals surface area contributed by atoms with Crippen LogP contribution in [-0.4, -0.2) is 25.7 Å². The van der Waals surface area contributed by atoms with E-state index in [4.69, 9.17) is 5.11 Å². The topological polar surface area (TPSA) is 66.4 Å². The molecule has 1 unspecified atom stereocenters. The second kappa shape index (κ2) is 5.27. The molecule has 0 fully saturated rings. The monoisotopic (exact) mass is 263 g/mol. The van der Waals surface area contributed by atoms with E-state index in [0.29, 0.717) is 17.1 Å². The highest BCUT2D eigenvalue weighted by Gasteiger charge is 2.28. The summed E-state index contributed by atoms with van der Waals surface area (Å²) in [5.74, 6) is 0. The number of hydrogen-bond acceptors (Lipinski definition) is 4. The molecule has 1 aromatic heterocycles. The van der Waals surface area contributed by atoms with E-state index in [1.165, 1.54) is 11.3 Å². The first kappa shape index (κ1) is 13.6. The molecule has 0 amide bonds. The van der Waals surface area contributed by atoms with Crippen LogP contribution >= 0.6 is 11.3 Å². The zero-order valence-corrected chi connectivity index (χ0v) is 11.1. The molecule has 1 atom stereocenters. The minimum atomic E-state index is -3.45. The van der Waals surface area contributed by atoms with Gasteiger partial charge >= 0.3 is 0 Å². The molecule has 16 heavy (non-hydrogen) atoms. The van der Waals surface area contributed by atoms with Crippen LogP contribution in [-0.2, 0) is 10.0 Å². The lowest BCUT2D eigenvalue weighted by molar-refractivity contribution is 0.233. The SMILES string of the molecule is CCC(C)(CCO)NS(=O)(=O)c1cccs1. The highest BCUT2D eigenvalue weighted by Crippen LogP contribution is 2.21. The summed E-state index contributed by atoms with van der Waals surface area (Å²) in [6.45, 7) is 3.66. The zero-order chi connectivity index (χ0) is 12.2. The molecule has 0 spiro atoms. The number of rotatable bonds is 6. The van der Waals surface area contributed by atoms with E-state index >= 15 is 0 Å². The molecule has 0 aliphatic rings. The Bertz CT molecular complexity index is 413. The Morgan fingerprint density at radius 1 is 1.56 bits per heavy atom. The first-order valence-electron chi connectivity index (χ1n) is 5.12. The van der Waals surface area contributed by atoms with Gasteiger partial charge in [-0.15, -0.1) is 11.3 Å². The summed E-state index contributed by atoms with van der Waals surface area (Å²) in [4.78, 5) is 0. The number of aliphatic hydroxyl groups is 1. The van der Waals surface area contributed by atoms with Crippen molar-refractivity contribution in [1.29, 1.82) is 0 Å². The Morgan fingerprint density at radius 3 is 2.69 bits per heavy atom. The van der Waals surface area contributed by atoms with E-state index < -0.39 is 15.6 Å². The maximum absolute atomic E-state index is 12.0. The Hall–Kier alpha value is -0.430. The van der Waals surface area contributed by atoms with Crippen molar-refractivity contribution in [3.05, 3.63) is 17.5 Å². The molecule has 1 aromatic rings. The van der Waals surface area contributed by atoms with Crippen LogP contribution < -0.4 is 4.72 Å². The van der Waals surface area contributed by atoms with Crippen LogP contribution in [0.25, 0.3) is 0 Å². The lowest BCUT2D eigenvalue weighted by Gasteiger charge is -2.28. The third-order valence-electron chi connectivity index (χ3n) is 2.58. The molecule has 4 nitrogen and oxygen atoms in total. The molecule has 6 heteroatoms. The summed E-state index contributed by atoms with van der Waals surface area (Å²) in [5.41, 5.74) is -0.586. The molecular weight excluding hydrogens is 246 g/mol. The quantitative estimate of drug-likeness (QED) is 0.819. The highest BCUT2D eigenvalue weighted by molar-refractivity contribution is 7.91. The Morgan fingerprint density at radius 2 is 2.25 bits per heavy atom. The van der Waals surface area contributed by atoms with Crippen molar-refractivity contribution in [3.8, 4) is 0 Å². The molecule has 0 bridgehead atoms. The average Bonchev–Trinajstić information content (AvgIpc) is 2.70. The van der Waals surface area contributed by atoms with Gasteiger partial charge in [0.2, 0.25) is 0 Å². The summed E-state index contributed by atoms with van der Waals surface area (Å²) >= 11 is 1.19. The lowest BCUT2D eigenvalue weighted by Crippen LogP contribution is -2.45. The van der Waals surface area contributed by atoms with Crippen molar-refractivity contribution < 1.29 is 13.5 Å². The standard InChI is InChI=1S/C10H17NO3S2/c1-3-10(2,6-7-12)11-16(13,14)9-5-4-8-15-9/h4-5,8,11-12H,3,6-7H2,1-2H3. The number of nitrogens with one attached hydrogen (secondary N) is 1. The van der Waals surface area contributed by atoms with Crippen LogP contribution in [0.5, 0.6) is 0 Å². The molecule has 1 heterocycles. The fourth-order valence-corrected chi connectivity index (χ4v) is 3.84. The van der Waals surface area contributed by atoms with Crippen molar-refractivity contribution >= 4 is 21.4 Å². The summed E-state index contributed by atoms with van der Waals surface area (Å²) in [7, 11) is -3.45. The van der Waals surface area contributed by atoms with Gasteiger partial charge in [0.15, 0.2) is 0 Å². The number of aliphatic hydroxyl groups excluding tert-OH is 1. The van der Waals surface area contributed by atoms with E-state index in [0.717, 1.165) is 0 Å². The Balaban J connectivity index is 2.87. The van der Waals surface area contributed by atoms with Crippen molar-refractivity contribution in [2.75, 3.05) is 6.61 Å². The molecule has 0 aliphatic carbocycles. The van der Waals surface area contributed by atoms with Crippen molar-refractivity contribution in [2.45, 2.75) is 36.4 Å². The molecule has 92 valence electrons. The Labute approximate surface area is 100 Å². The summed E-state index contributed by atoms with van der Waals surface area (Å²) in [5, 5.41) is 10.7. The number of hydrogen-bond donors (Lipinski definition) is 2. The van der Waals surface area contributed by atoms with Gasteiger partial charge in [-0.05, 0) is 31.2 Å². The van der Waals surface area contributed by atoms with Gasteiger partial charge < -0.3 is 5.11 Å². The smallest absolute Gasteiger partial charge is 0.250 e. The zero-order valence-electron chi connectivity index (χ0n) is 9.43. The van der Waals surface area contributed by atoms with Gasteiger partial charge in [-0.2, -0.15) is 0 Å². The van der Waals surface area contributed by atoms with Gasteiger partial charge in [-0.25, -0.2) is 13.1 Å². The van der Waals surface area contributed by atoms with Crippen LogP contribution in [0, 0.1) is 0 Å². The number of thiophene rings is 1.